The molecular formula is C20H27F2N3O4. The third-order valence-corrected chi connectivity index (χ3v) is 4.99. The van der Waals surface area contributed by atoms with Crippen molar-refractivity contribution in [1.29, 1.82) is 0 Å². The molecule has 0 radical (unpaired) electrons. The van der Waals surface area contributed by atoms with Crippen molar-refractivity contribution in [2.45, 2.75) is 45.6 Å². The number of nitrogens with zero attached hydrogens (tertiary/aromatic N) is 2. The van der Waals surface area contributed by atoms with Gasteiger partial charge in [-0.25, -0.2) is 18.6 Å². The molecular weight excluding hydrogens is 384 g/mol. The number of ether oxygens (including phenoxy) is 2. The number of carbonyl (C=O) groups excluding carboxylic acids is 2. The highest BCUT2D eigenvalue weighted by Crippen LogP contribution is 2.35. The Labute approximate surface area is 168 Å². The van der Waals surface area contributed by atoms with Crippen LogP contribution in [0.3, 0.4) is 0 Å². The van der Waals surface area contributed by atoms with Crippen molar-refractivity contribution in [3.05, 3.63) is 17.8 Å². The molecule has 0 bridgehead atoms. The van der Waals surface area contributed by atoms with E-state index in [9.17, 15) is 18.4 Å². The van der Waals surface area contributed by atoms with Crippen LogP contribution in [0.15, 0.2) is 12.1 Å². The van der Waals surface area contributed by atoms with E-state index in [1.165, 1.54) is 12.0 Å². The van der Waals surface area contributed by atoms with E-state index in [-0.39, 0.29) is 17.3 Å². The summed E-state index contributed by atoms with van der Waals surface area (Å²) in [5.74, 6) is -3.29. The molecule has 7 nitrogen and oxygen atoms in total. The lowest BCUT2D eigenvalue weighted by molar-refractivity contribution is -0.145. The number of pyridine rings is 1. The Hall–Kier alpha value is -2.45. The van der Waals surface area contributed by atoms with Crippen LogP contribution in [-0.2, 0) is 9.53 Å². The molecule has 1 N–H and O–H groups in total. The van der Waals surface area contributed by atoms with Gasteiger partial charge < -0.3 is 19.7 Å². The summed E-state index contributed by atoms with van der Waals surface area (Å²) < 4.78 is 37.2. The predicted octanol–water partition coefficient (Wildman–Crippen LogP) is 2.64. The van der Waals surface area contributed by atoms with Gasteiger partial charge >= 0.3 is 5.97 Å². The highest BCUT2D eigenvalue weighted by Gasteiger charge is 2.45. The summed E-state index contributed by atoms with van der Waals surface area (Å²) in [6.45, 7) is 4.88. The summed E-state index contributed by atoms with van der Waals surface area (Å²) in [4.78, 5) is 30.8. The number of esters is 1. The van der Waals surface area contributed by atoms with Crippen LogP contribution in [0.1, 0.15) is 44.1 Å². The van der Waals surface area contributed by atoms with Crippen molar-refractivity contribution in [2.75, 3.05) is 31.7 Å². The van der Waals surface area contributed by atoms with Gasteiger partial charge in [0, 0.05) is 6.07 Å². The molecule has 2 fully saturated rings. The average molecular weight is 411 g/mol. The van der Waals surface area contributed by atoms with E-state index in [4.69, 9.17) is 9.47 Å². The minimum Gasteiger partial charge on any atom is -0.477 e. The number of hydrogen-bond donors (Lipinski definition) is 1. The van der Waals surface area contributed by atoms with Crippen LogP contribution >= 0.6 is 0 Å². The number of anilines is 1. The molecule has 1 aromatic rings. The number of aromatic nitrogens is 1. The summed E-state index contributed by atoms with van der Waals surface area (Å²) in [6, 6.07) is 2.21. The lowest BCUT2D eigenvalue weighted by Gasteiger charge is -2.41. The third-order valence-electron chi connectivity index (χ3n) is 4.99. The van der Waals surface area contributed by atoms with Crippen molar-refractivity contribution in [1.82, 2.24) is 10.3 Å². The zero-order valence-corrected chi connectivity index (χ0v) is 17.1. The first-order valence-corrected chi connectivity index (χ1v) is 9.65. The van der Waals surface area contributed by atoms with Crippen LogP contribution in [0.5, 0.6) is 5.88 Å². The molecule has 1 aliphatic carbocycles. The maximum atomic E-state index is 13.4. The first kappa shape index (κ1) is 21.3. The molecule has 1 saturated carbocycles. The molecule has 2 heterocycles. The number of methoxy groups -OCH3 is 1. The molecule has 160 valence electrons. The van der Waals surface area contributed by atoms with Gasteiger partial charge in [-0.1, -0.05) is 20.8 Å². The van der Waals surface area contributed by atoms with Gasteiger partial charge in [-0.2, -0.15) is 0 Å². The van der Waals surface area contributed by atoms with Gasteiger partial charge in [0.15, 0.2) is 5.69 Å². The van der Waals surface area contributed by atoms with Crippen LogP contribution in [0, 0.1) is 11.3 Å². The number of alkyl halides is 2. The topological polar surface area (TPSA) is 80.8 Å². The second-order valence-electron chi connectivity index (χ2n) is 8.78. The van der Waals surface area contributed by atoms with Crippen LogP contribution in [0.2, 0.25) is 0 Å². The van der Waals surface area contributed by atoms with Gasteiger partial charge in [0.05, 0.1) is 32.5 Å². The Morgan fingerprint density at radius 1 is 1.31 bits per heavy atom. The SMILES string of the molecule is COC(=O)[C@@H](NC(=O)c1nc(OCC2CC2)ccc1N1CC(F)(F)C1)C(C)(C)C. The molecule has 0 unspecified atom stereocenters. The van der Waals surface area contributed by atoms with E-state index in [0.29, 0.717) is 12.5 Å². The van der Waals surface area contributed by atoms with Crippen LogP contribution < -0.4 is 15.0 Å². The van der Waals surface area contributed by atoms with E-state index < -0.39 is 42.3 Å². The summed E-state index contributed by atoms with van der Waals surface area (Å²) in [6.07, 6.45) is 2.20. The molecule has 0 aromatic carbocycles. The Balaban J connectivity index is 1.85. The normalized spacial score (nSPS) is 19.2. The summed E-state index contributed by atoms with van der Waals surface area (Å²) >= 11 is 0. The van der Waals surface area contributed by atoms with Gasteiger partial charge in [-0.3, -0.25) is 4.79 Å². The maximum Gasteiger partial charge on any atom is 0.328 e. The van der Waals surface area contributed by atoms with Crippen molar-refractivity contribution in [3.63, 3.8) is 0 Å². The zero-order valence-electron chi connectivity index (χ0n) is 17.1. The minimum atomic E-state index is -2.80. The average Bonchev–Trinajstić information content (AvgIpc) is 3.45. The third kappa shape index (κ3) is 5.13. The number of amides is 1. The monoisotopic (exact) mass is 411 g/mol. The first-order chi connectivity index (χ1) is 13.5. The van der Waals surface area contributed by atoms with E-state index in [1.54, 1.807) is 32.9 Å². The lowest BCUT2D eigenvalue weighted by atomic mass is 9.86. The Morgan fingerprint density at radius 2 is 1.97 bits per heavy atom. The molecule has 1 saturated heterocycles. The van der Waals surface area contributed by atoms with Crippen molar-refractivity contribution >= 4 is 17.6 Å². The lowest BCUT2D eigenvalue weighted by Crippen LogP contribution is -2.57. The van der Waals surface area contributed by atoms with Crippen LogP contribution in [0.25, 0.3) is 0 Å². The van der Waals surface area contributed by atoms with Crippen LogP contribution in [0.4, 0.5) is 14.5 Å². The molecule has 9 heteroatoms. The molecule has 1 amide bonds. The van der Waals surface area contributed by atoms with Gasteiger partial charge in [0.25, 0.3) is 11.8 Å². The molecule has 2 aliphatic rings. The van der Waals surface area contributed by atoms with Crippen molar-refractivity contribution in [2.24, 2.45) is 11.3 Å². The smallest absolute Gasteiger partial charge is 0.328 e. The second kappa shape index (κ2) is 7.76. The minimum absolute atomic E-state index is 0.0491. The summed E-state index contributed by atoms with van der Waals surface area (Å²) in [7, 11) is 1.24. The van der Waals surface area contributed by atoms with E-state index in [0.717, 1.165) is 12.8 Å². The largest absolute Gasteiger partial charge is 0.477 e. The molecule has 29 heavy (non-hydrogen) atoms. The molecule has 1 aromatic heterocycles. The Bertz CT molecular complexity index is 782. The summed E-state index contributed by atoms with van der Waals surface area (Å²) in [5, 5.41) is 2.65. The number of rotatable bonds is 7. The number of hydrogen-bond acceptors (Lipinski definition) is 6. The van der Waals surface area contributed by atoms with E-state index in [2.05, 4.69) is 10.3 Å². The van der Waals surface area contributed by atoms with Crippen molar-refractivity contribution < 1.29 is 27.8 Å². The van der Waals surface area contributed by atoms with Gasteiger partial charge in [0.2, 0.25) is 5.88 Å². The molecule has 1 aliphatic heterocycles. The Kier molecular flexibility index (Phi) is 5.69. The van der Waals surface area contributed by atoms with E-state index >= 15 is 0 Å². The highest BCUT2D eigenvalue weighted by atomic mass is 19.3. The fourth-order valence-corrected chi connectivity index (χ4v) is 3.05. The quantitative estimate of drug-likeness (QED) is 0.695. The second-order valence-corrected chi connectivity index (χ2v) is 8.78. The van der Waals surface area contributed by atoms with Crippen molar-refractivity contribution in [3.8, 4) is 5.88 Å². The molecule has 1 atom stereocenters. The van der Waals surface area contributed by atoms with Gasteiger partial charge in [-0.05, 0) is 30.2 Å². The number of nitrogens with one attached hydrogen (secondary N) is 1. The Morgan fingerprint density at radius 3 is 2.48 bits per heavy atom. The number of carbonyl (C=O) groups is 2. The zero-order chi connectivity index (χ0) is 21.4. The van der Waals surface area contributed by atoms with Gasteiger partial charge in [0.1, 0.15) is 6.04 Å². The maximum absolute atomic E-state index is 13.4. The molecule has 3 rings (SSSR count). The predicted molar refractivity (Wildman–Crippen MR) is 102 cm³/mol. The van der Waals surface area contributed by atoms with Gasteiger partial charge in [-0.15, -0.1) is 0 Å². The summed E-state index contributed by atoms with van der Waals surface area (Å²) in [5.41, 5.74) is -0.385. The fourth-order valence-electron chi connectivity index (χ4n) is 3.05. The standard InChI is InChI=1S/C20H27F2N3O4/c1-19(2,3)16(18(27)28-4)24-17(26)15-13(25-10-20(21,22)11-25)7-8-14(23-15)29-9-12-5-6-12/h7-8,12,16H,5-6,9-11H2,1-4H3,(H,24,26)/t16-/m1/s1. The van der Waals surface area contributed by atoms with E-state index in [1.807, 2.05) is 0 Å². The molecule has 0 spiro atoms. The number of halogens is 2. The van der Waals surface area contributed by atoms with Crippen LogP contribution in [-0.4, -0.2) is 55.6 Å². The first-order valence-electron chi connectivity index (χ1n) is 9.65. The fraction of sp³-hybridized carbons (Fsp3) is 0.650. The highest BCUT2D eigenvalue weighted by molar-refractivity contribution is 6.00.